The zero-order valence-corrected chi connectivity index (χ0v) is 9.06. The van der Waals surface area contributed by atoms with E-state index in [4.69, 9.17) is 0 Å². The fourth-order valence-electron chi connectivity index (χ4n) is 2.00. The summed E-state index contributed by atoms with van der Waals surface area (Å²) in [6, 6.07) is 1.82. The molecule has 0 bridgehead atoms. The SMILES string of the molecule is CCC1(C(=O)c2ccsn2)CCNC1. The van der Waals surface area contributed by atoms with Crippen LogP contribution in [-0.2, 0) is 0 Å². The van der Waals surface area contributed by atoms with Crippen LogP contribution in [0, 0.1) is 5.41 Å². The molecule has 1 fully saturated rings. The third-order valence-electron chi connectivity index (χ3n) is 3.07. The molecule has 0 radical (unpaired) electrons. The second kappa shape index (κ2) is 3.79. The van der Waals surface area contributed by atoms with Crippen molar-refractivity contribution in [3.05, 3.63) is 17.1 Å². The van der Waals surface area contributed by atoms with E-state index in [-0.39, 0.29) is 11.2 Å². The van der Waals surface area contributed by atoms with Gasteiger partial charge < -0.3 is 5.32 Å². The molecule has 1 N–H and O–H groups in total. The average molecular weight is 210 g/mol. The molecule has 0 spiro atoms. The van der Waals surface area contributed by atoms with Crippen molar-refractivity contribution in [2.24, 2.45) is 5.41 Å². The van der Waals surface area contributed by atoms with Gasteiger partial charge in [0.2, 0.25) is 0 Å². The van der Waals surface area contributed by atoms with E-state index in [9.17, 15) is 4.79 Å². The Kier molecular flexibility index (Phi) is 2.65. The molecule has 0 saturated carbocycles. The van der Waals surface area contributed by atoms with Gasteiger partial charge >= 0.3 is 0 Å². The molecular formula is C10H14N2OS. The molecule has 4 heteroatoms. The topological polar surface area (TPSA) is 42.0 Å². The zero-order valence-electron chi connectivity index (χ0n) is 8.25. The number of Topliss-reactive ketones (excluding diaryl/α,β-unsaturated/α-hetero) is 1. The molecule has 1 aliphatic rings. The minimum atomic E-state index is -0.186. The van der Waals surface area contributed by atoms with E-state index in [1.54, 1.807) is 0 Å². The highest BCUT2D eigenvalue weighted by molar-refractivity contribution is 7.03. The van der Waals surface area contributed by atoms with E-state index < -0.39 is 0 Å². The third-order valence-corrected chi connectivity index (χ3v) is 3.63. The lowest BCUT2D eigenvalue weighted by Crippen LogP contribution is -2.33. The van der Waals surface area contributed by atoms with Gasteiger partial charge in [-0.25, -0.2) is 0 Å². The second-order valence-electron chi connectivity index (χ2n) is 3.77. The third kappa shape index (κ3) is 1.48. The number of ketones is 1. The van der Waals surface area contributed by atoms with Gasteiger partial charge in [0.25, 0.3) is 0 Å². The smallest absolute Gasteiger partial charge is 0.189 e. The second-order valence-corrected chi connectivity index (χ2v) is 4.44. The van der Waals surface area contributed by atoms with Crippen molar-refractivity contribution in [2.75, 3.05) is 13.1 Å². The predicted octanol–water partition coefficient (Wildman–Crippen LogP) is 1.72. The average Bonchev–Trinajstić information content (AvgIpc) is 2.89. The van der Waals surface area contributed by atoms with Gasteiger partial charge in [-0.05, 0) is 37.0 Å². The van der Waals surface area contributed by atoms with Crippen LogP contribution in [0.4, 0.5) is 0 Å². The van der Waals surface area contributed by atoms with E-state index in [1.807, 2.05) is 11.4 Å². The van der Waals surface area contributed by atoms with Gasteiger partial charge in [-0.1, -0.05) is 6.92 Å². The molecule has 1 aromatic rings. The van der Waals surface area contributed by atoms with Crippen molar-refractivity contribution >= 4 is 17.3 Å². The summed E-state index contributed by atoms with van der Waals surface area (Å²) in [6.07, 6.45) is 1.84. The van der Waals surface area contributed by atoms with Gasteiger partial charge in [-0.3, -0.25) is 4.79 Å². The van der Waals surface area contributed by atoms with E-state index in [0.717, 1.165) is 25.9 Å². The van der Waals surface area contributed by atoms with Crippen molar-refractivity contribution < 1.29 is 4.79 Å². The molecule has 0 amide bonds. The standard InChI is InChI=1S/C10H14N2OS/c1-2-10(4-5-11-7-10)9(13)8-3-6-14-12-8/h3,6,11H,2,4-5,7H2,1H3. The van der Waals surface area contributed by atoms with Crippen LogP contribution in [-0.4, -0.2) is 23.2 Å². The summed E-state index contributed by atoms with van der Waals surface area (Å²) in [5, 5.41) is 5.12. The summed E-state index contributed by atoms with van der Waals surface area (Å²) in [6.45, 7) is 3.83. The van der Waals surface area contributed by atoms with E-state index >= 15 is 0 Å². The van der Waals surface area contributed by atoms with Crippen molar-refractivity contribution in [1.82, 2.24) is 9.69 Å². The molecule has 3 nitrogen and oxygen atoms in total. The predicted molar refractivity (Wildman–Crippen MR) is 56.7 cm³/mol. The summed E-state index contributed by atoms with van der Waals surface area (Å²) >= 11 is 1.34. The molecule has 14 heavy (non-hydrogen) atoms. The fourth-order valence-corrected chi connectivity index (χ4v) is 2.51. The van der Waals surface area contributed by atoms with Crippen LogP contribution >= 0.6 is 11.5 Å². The summed E-state index contributed by atoms with van der Waals surface area (Å²) in [7, 11) is 0. The molecule has 1 unspecified atom stereocenters. The first-order valence-electron chi connectivity index (χ1n) is 4.94. The van der Waals surface area contributed by atoms with Gasteiger partial charge in [0.05, 0.1) is 0 Å². The summed E-state index contributed by atoms with van der Waals surface area (Å²) < 4.78 is 4.12. The normalized spacial score (nSPS) is 26.6. The van der Waals surface area contributed by atoms with Gasteiger partial charge in [0.15, 0.2) is 5.78 Å². The number of nitrogens with zero attached hydrogens (tertiary/aromatic N) is 1. The maximum Gasteiger partial charge on any atom is 0.189 e. The number of hydrogen-bond donors (Lipinski definition) is 1. The van der Waals surface area contributed by atoms with Crippen LogP contribution in [0.2, 0.25) is 0 Å². The molecule has 1 aliphatic heterocycles. The maximum atomic E-state index is 12.2. The lowest BCUT2D eigenvalue weighted by atomic mass is 9.79. The number of carbonyl (C=O) groups is 1. The largest absolute Gasteiger partial charge is 0.316 e. The molecule has 1 atom stereocenters. The van der Waals surface area contributed by atoms with Gasteiger partial charge in [0.1, 0.15) is 5.69 Å². The van der Waals surface area contributed by atoms with Crippen LogP contribution in [0.1, 0.15) is 30.3 Å². The van der Waals surface area contributed by atoms with Crippen LogP contribution in [0.25, 0.3) is 0 Å². The fraction of sp³-hybridized carbons (Fsp3) is 0.600. The molecule has 2 heterocycles. The van der Waals surface area contributed by atoms with E-state index in [0.29, 0.717) is 5.69 Å². The Labute approximate surface area is 87.7 Å². The van der Waals surface area contributed by atoms with Gasteiger partial charge in [-0.2, -0.15) is 4.37 Å². The highest BCUT2D eigenvalue weighted by Crippen LogP contribution is 2.33. The Balaban J connectivity index is 2.24. The summed E-state index contributed by atoms with van der Waals surface area (Å²) in [5.41, 5.74) is 0.453. The number of aromatic nitrogens is 1. The minimum absolute atomic E-state index is 0.186. The van der Waals surface area contributed by atoms with Crippen molar-refractivity contribution in [3.8, 4) is 0 Å². The van der Waals surface area contributed by atoms with Crippen molar-refractivity contribution in [3.63, 3.8) is 0 Å². The van der Waals surface area contributed by atoms with E-state index in [1.165, 1.54) is 11.5 Å². The first kappa shape index (κ1) is 9.80. The van der Waals surface area contributed by atoms with Crippen LogP contribution in [0.15, 0.2) is 11.4 Å². The summed E-state index contributed by atoms with van der Waals surface area (Å²) in [4.78, 5) is 12.2. The first-order valence-corrected chi connectivity index (χ1v) is 5.78. The minimum Gasteiger partial charge on any atom is -0.316 e. The Morgan fingerprint density at radius 3 is 3.14 bits per heavy atom. The Hall–Kier alpha value is -0.740. The molecule has 0 aromatic carbocycles. The number of nitrogens with one attached hydrogen (secondary N) is 1. The zero-order chi connectivity index (χ0) is 10.0. The monoisotopic (exact) mass is 210 g/mol. The van der Waals surface area contributed by atoms with Crippen LogP contribution < -0.4 is 5.32 Å². The Morgan fingerprint density at radius 2 is 2.64 bits per heavy atom. The number of carbonyl (C=O) groups excluding carboxylic acids is 1. The quantitative estimate of drug-likeness (QED) is 0.772. The van der Waals surface area contributed by atoms with E-state index in [2.05, 4.69) is 16.6 Å². The molecule has 0 aliphatic carbocycles. The highest BCUT2D eigenvalue weighted by atomic mass is 32.1. The highest BCUT2D eigenvalue weighted by Gasteiger charge is 2.40. The summed E-state index contributed by atoms with van der Waals surface area (Å²) in [5.74, 6) is 0.214. The number of hydrogen-bond acceptors (Lipinski definition) is 4. The molecule has 1 saturated heterocycles. The van der Waals surface area contributed by atoms with Crippen molar-refractivity contribution in [2.45, 2.75) is 19.8 Å². The molecule has 76 valence electrons. The lowest BCUT2D eigenvalue weighted by molar-refractivity contribution is 0.0806. The van der Waals surface area contributed by atoms with Crippen LogP contribution in [0.3, 0.4) is 0 Å². The Bertz CT molecular complexity index is 315. The van der Waals surface area contributed by atoms with Gasteiger partial charge in [-0.15, -0.1) is 0 Å². The van der Waals surface area contributed by atoms with Crippen LogP contribution in [0.5, 0.6) is 0 Å². The molecule has 2 rings (SSSR count). The van der Waals surface area contributed by atoms with Crippen molar-refractivity contribution in [1.29, 1.82) is 0 Å². The van der Waals surface area contributed by atoms with Gasteiger partial charge in [0, 0.05) is 17.3 Å². The molecular weight excluding hydrogens is 196 g/mol. The lowest BCUT2D eigenvalue weighted by Gasteiger charge is -2.23. The maximum absolute atomic E-state index is 12.2. The first-order chi connectivity index (χ1) is 6.78. The Morgan fingerprint density at radius 1 is 1.79 bits per heavy atom. The number of rotatable bonds is 3. The molecule has 1 aromatic heterocycles.